The molecule has 31 heavy (non-hydrogen) atoms. The number of fused-ring (bicyclic) bond motifs is 1. The van der Waals surface area contributed by atoms with Crippen LogP contribution in [0.25, 0.3) is 5.65 Å². The molecule has 1 aliphatic heterocycles. The van der Waals surface area contributed by atoms with E-state index in [1.54, 1.807) is 12.3 Å². The van der Waals surface area contributed by atoms with E-state index in [-0.39, 0.29) is 17.5 Å². The molecule has 4 heterocycles. The Morgan fingerprint density at radius 2 is 2.00 bits per heavy atom. The van der Waals surface area contributed by atoms with E-state index in [9.17, 15) is 18.0 Å². The van der Waals surface area contributed by atoms with Gasteiger partial charge < -0.3 is 10.2 Å². The van der Waals surface area contributed by atoms with Crippen LogP contribution < -0.4 is 10.2 Å². The molecule has 12 heteroatoms. The topological polar surface area (TPSA) is 93.2 Å². The fourth-order valence-electron chi connectivity index (χ4n) is 3.68. The van der Waals surface area contributed by atoms with Gasteiger partial charge in [-0.3, -0.25) is 9.48 Å². The van der Waals surface area contributed by atoms with Gasteiger partial charge in [-0.05, 0) is 43.9 Å². The molecule has 166 valence electrons. The number of aryl methyl sites for hydroxylation is 2. The second-order valence-electron chi connectivity index (χ2n) is 7.67. The molecule has 9 nitrogen and oxygen atoms in total. The standard InChI is InChI=1S/C19H23F3N8O/c1-13-11-24-29(12-13)8-2-7-23-17(31)14-5-9-28(10-6-14)16-4-3-15-25-26-18(19(20,21)22)30(15)27-16/h3-4,11-12,14H,2,5-10H2,1H3,(H,23,31). The van der Waals surface area contributed by atoms with Gasteiger partial charge in [-0.15, -0.1) is 15.3 Å². The third-order valence-electron chi connectivity index (χ3n) is 5.32. The van der Waals surface area contributed by atoms with Crippen molar-refractivity contribution in [2.24, 2.45) is 5.92 Å². The highest BCUT2D eigenvalue weighted by Crippen LogP contribution is 2.28. The number of rotatable bonds is 6. The van der Waals surface area contributed by atoms with Crippen molar-refractivity contribution in [3.8, 4) is 0 Å². The van der Waals surface area contributed by atoms with Gasteiger partial charge in [0.25, 0.3) is 5.82 Å². The normalized spacial score (nSPS) is 15.5. The summed E-state index contributed by atoms with van der Waals surface area (Å²) in [5.41, 5.74) is 1.14. The predicted octanol–water partition coefficient (Wildman–Crippen LogP) is 2.07. The summed E-state index contributed by atoms with van der Waals surface area (Å²) < 4.78 is 41.8. The molecule has 0 aliphatic carbocycles. The van der Waals surface area contributed by atoms with Crippen LogP contribution in [0, 0.1) is 12.8 Å². The number of nitrogens with zero attached hydrogens (tertiary/aromatic N) is 7. The summed E-state index contributed by atoms with van der Waals surface area (Å²) in [6, 6.07) is 3.09. The summed E-state index contributed by atoms with van der Waals surface area (Å²) >= 11 is 0. The van der Waals surface area contributed by atoms with E-state index < -0.39 is 12.0 Å². The number of amides is 1. The molecule has 1 amide bonds. The van der Waals surface area contributed by atoms with Crippen LogP contribution in [0.3, 0.4) is 0 Å². The highest BCUT2D eigenvalue weighted by molar-refractivity contribution is 5.78. The Balaban J connectivity index is 1.28. The van der Waals surface area contributed by atoms with Crippen LogP contribution >= 0.6 is 0 Å². The second kappa shape index (κ2) is 8.52. The largest absolute Gasteiger partial charge is 0.453 e. The number of halogens is 3. The van der Waals surface area contributed by atoms with Crippen LogP contribution in [0.15, 0.2) is 24.5 Å². The number of hydrogen-bond donors (Lipinski definition) is 1. The summed E-state index contributed by atoms with van der Waals surface area (Å²) in [6.07, 6.45) is 1.13. The van der Waals surface area contributed by atoms with Crippen molar-refractivity contribution in [1.82, 2.24) is 34.9 Å². The average molecular weight is 436 g/mol. The Kier molecular flexibility index (Phi) is 5.79. The molecule has 0 bridgehead atoms. The molecule has 3 aromatic heterocycles. The Labute approximate surface area is 176 Å². The minimum atomic E-state index is -4.63. The number of carbonyl (C=O) groups is 1. The predicted molar refractivity (Wildman–Crippen MR) is 105 cm³/mol. The van der Waals surface area contributed by atoms with Crippen LogP contribution in [0.4, 0.5) is 19.0 Å². The second-order valence-corrected chi connectivity index (χ2v) is 7.67. The lowest BCUT2D eigenvalue weighted by atomic mass is 9.96. The van der Waals surface area contributed by atoms with Gasteiger partial charge in [-0.25, -0.2) is 0 Å². The molecule has 4 rings (SSSR count). The lowest BCUT2D eigenvalue weighted by molar-refractivity contribution is -0.146. The van der Waals surface area contributed by atoms with E-state index in [1.807, 2.05) is 22.7 Å². The lowest BCUT2D eigenvalue weighted by Gasteiger charge is -2.32. The Hall–Kier alpha value is -3.18. The first-order chi connectivity index (χ1) is 14.8. The Morgan fingerprint density at radius 3 is 2.68 bits per heavy atom. The number of alkyl halides is 3. The smallest absolute Gasteiger partial charge is 0.356 e. The van der Waals surface area contributed by atoms with E-state index in [4.69, 9.17) is 0 Å². The summed E-state index contributed by atoms with van der Waals surface area (Å²) in [6.45, 7) is 4.36. The fraction of sp³-hybridized carbons (Fsp3) is 0.526. The van der Waals surface area contributed by atoms with E-state index in [0.29, 0.717) is 38.3 Å². The molecule has 1 aliphatic rings. The van der Waals surface area contributed by atoms with Crippen molar-refractivity contribution < 1.29 is 18.0 Å². The van der Waals surface area contributed by atoms with Gasteiger partial charge in [0.1, 0.15) is 5.82 Å². The zero-order valence-corrected chi connectivity index (χ0v) is 17.0. The molecule has 1 saturated heterocycles. The molecule has 0 atom stereocenters. The fourth-order valence-corrected chi connectivity index (χ4v) is 3.68. The van der Waals surface area contributed by atoms with Crippen molar-refractivity contribution in [2.45, 2.75) is 38.9 Å². The first-order valence-corrected chi connectivity index (χ1v) is 10.1. The van der Waals surface area contributed by atoms with Crippen LogP contribution in [0.2, 0.25) is 0 Å². The molecular formula is C19H23F3N8O. The van der Waals surface area contributed by atoms with Gasteiger partial charge in [0.2, 0.25) is 5.91 Å². The number of aromatic nitrogens is 6. The maximum atomic E-state index is 13.1. The van der Waals surface area contributed by atoms with Gasteiger partial charge in [0.15, 0.2) is 5.65 Å². The molecule has 1 N–H and O–H groups in total. The van der Waals surface area contributed by atoms with E-state index in [0.717, 1.165) is 23.0 Å². The van der Waals surface area contributed by atoms with Crippen molar-refractivity contribution in [3.63, 3.8) is 0 Å². The first kappa shape index (κ1) is 21.1. The van der Waals surface area contributed by atoms with Gasteiger partial charge in [0.05, 0.1) is 6.20 Å². The summed E-state index contributed by atoms with van der Waals surface area (Å²) in [7, 11) is 0. The minimum absolute atomic E-state index is 0.0119. The van der Waals surface area contributed by atoms with E-state index in [1.165, 1.54) is 6.07 Å². The zero-order chi connectivity index (χ0) is 22.0. The maximum Gasteiger partial charge on any atom is 0.453 e. The number of anilines is 1. The average Bonchev–Trinajstić information content (AvgIpc) is 3.36. The third kappa shape index (κ3) is 4.78. The molecular weight excluding hydrogens is 413 g/mol. The van der Waals surface area contributed by atoms with Crippen LogP contribution in [-0.4, -0.2) is 55.1 Å². The molecule has 0 spiro atoms. The van der Waals surface area contributed by atoms with Crippen LogP contribution in [0.5, 0.6) is 0 Å². The highest BCUT2D eigenvalue weighted by atomic mass is 19.4. The van der Waals surface area contributed by atoms with Gasteiger partial charge in [-0.2, -0.15) is 22.8 Å². The zero-order valence-electron chi connectivity index (χ0n) is 17.0. The van der Waals surface area contributed by atoms with Crippen molar-refractivity contribution in [1.29, 1.82) is 0 Å². The number of nitrogens with one attached hydrogen (secondary N) is 1. The van der Waals surface area contributed by atoms with E-state index >= 15 is 0 Å². The quantitative estimate of drug-likeness (QED) is 0.595. The SMILES string of the molecule is Cc1cnn(CCCNC(=O)C2CCN(c3ccc4nnc(C(F)(F)F)n4n3)CC2)c1. The molecule has 0 saturated carbocycles. The van der Waals surface area contributed by atoms with Crippen LogP contribution in [0.1, 0.15) is 30.7 Å². The van der Waals surface area contributed by atoms with Crippen LogP contribution in [-0.2, 0) is 17.5 Å². The van der Waals surface area contributed by atoms with Gasteiger partial charge >= 0.3 is 6.18 Å². The summed E-state index contributed by atoms with van der Waals surface area (Å²) in [5, 5.41) is 18.0. The van der Waals surface area contributed by atoms with Gasteiger partial charge in [0, 0.05) is 38.3 Å². The molecule has 1 fully saturated rings. The molecule has 0 radical (unpaired) electrons. The Bertz CT molecular complexity index is 1050. The number of carbonyl (C=O) groups excluding carboxylic acids is 1. The van der Waals surface area contributed by atoms with Crippen molar-refractivity contribution >= 4 is 17.4 Å². The summed E-state index contributed by atoms with van der Waals surface area (Å²) in [4.78, 5) is 14.3. The summed E-state index contributed by atoms with van der Waals surface area (Å²) in [5.74, 6) is -0.847. The van der Waals surface area contributed by atoms with Crippen molar-refractivity contribution in [2.75, 3.05) is 24.5 Å². The number of piperidine rings is 1. The maximum absolute atomic E-state index is 13.1. The first-order valence-electron chi connectivity index (χ1n) is 10.1. The molecule has 0 aromatic carbocycles. The lowest BCUT2D eigenvalue weighted by Crippen LogP contribution is -2.41. The number of hydrogen-bond acceptors (Lipinski definition) is 6. The monoisotopic (exact) mass is 436 g/mol. The Morgan fingerprint density at radius 1 is 1.23 bits per heavy atom. The third-order valence-corrected chi connectivity index (χ3v) is 5.32. The molecule has 0 unspecified atom stereocenters. The van der Waals surface area contributed by atoms with Crippen molar-refractivity contribution in [3.05, 3.63) is 35.9 Å². The van der Waals surface area contributed by atoms with Gasteiger partial charge in [-0.1, -0.05) is 0 Å². The minimum Gasteiger partial charge on any atom is -0.356 e. The molecule has 3 aromatic rings. The highest BCUT2D eigenvalue weighted by Gasteiger charge is 2.38. The van der Waals surface area contributed by atoms with E-state index in [2.05, 4.69) is 25.7 Å².